The van der Waals surface area contributed by atoms with Gasteiger partial charge >= 0.3 is 0 Å². The molecule has 1 heterocycles. The Kier molecular flexibility index (Phi) is 3.24. The van der Waals surface area contributed by atoms with Crippen molar-refractivity contribution in [3.63, 3.8) is 0 Å². The van der Waals surface area contributed by atoms with Crippen LogP contribution in [0.25, 0.3) is 0 Å². The summed E-state index contributed by atoms with van der Waals surface area (Å²) < 4.78 is 0. The van der Waals surface area contributed by atoms with Gasteiger partial charge in [0.05, 0.1) is 11.9 Å². The maximum atomic E-state index is 4.18. The molecule has 1 aromatic carbocycles. The highest BCUT2D eigenvalue weighted by Crippen LogP contribution is 2.38. The van der Waals surface area contributed by atoms with Gasteiger partial charge in [-0.25, -0.2) is 0 Å². The lowest BCUT2D eigenvalue weighted by Crippen LogP contribution is -2.34. The van der Waals surface area contributed by atoms with Crippen LogP contribution < -0.4 is 5.32 Å². The zero-order valence-electron chi connectivity index (χ0n) is 11.6. The molecule has 0 saturated heterocycles. The Hall–Kier alpha value is -1.83. The molecule has 1 aliphatic rings. The smallest absolute Gasteiger partial charge is 0.0558 e. The van der Waals surface area contributed by atoms with E-state index in [-0.39, 0.29) is 0 Å². The molecule has 2 aromatic rings. The largest absolute Gasteiger partial charge is 0.381 e. The average molecular weight is 252 g/mol. The van der Waals surface area contributed by atoms with Gasteiger partial charge in [-0.2, -0.15) is 0 Å². The van der Waals surface area contributed by atoms with Gasteiger partial charge in [-0.05, 0) is 49.8 Å². The first-order valence-electron chi connectivity index (χ1n) is 6.96. The number of hydrogen-bond acceptors (Lipinski definition) is 2. The Labute approximate surface area is 114 Å². The van der Waals surface area contributed by atoms with Gasteiger partial charge in [0.2, 0.25) is 0 Å². The van der Waals surface area contributed by atoms with Crippen LogP contribution in [0.4, 0.5) is 5.69 Å². The Balaban J connectivity index is 1.58. The highest BCUT2D eigenvalue weighted by Gasteiger charge is 2.30. The van der Waals surface area contributed by atoms with Crippen molar-refractivity contribution in [2.45, 2.75) is 38.6 Å². The number of anilines is 1. The highest BCUT2D eigenvalue weighted by molar-refractivity contribution is 5.49. The molecule has 0 bridgehead atoms. The second-order valence-corrected chi connectivity index (χ2v) is 5.61. The standard InChI is InChI=1S/C17H20N2/c1-12-3-5-14(6-4-12)15-9-16(10-15)19-17-11-18-8-7-13(17)2/h3-8,11,15-16,19H,9-10H2,1-2H3. The quantitative estimate of drug-likeness (QED) is 0.891. The molecule has 3 rings (SSSR count). The van der Waals surface area contributed by atoms with Crippen molar-refractivity contribution in [2.75, 3.05) is 5.32 Å². The Morgan fingerprint density at radius 1 is 1.05 bits per heavy atom. The number of pyridine rings is 1. The van der Waals surface area contributed by atoms with E-state index in [1.165, 1.54) is 35.2 Å². The van der Waals surface area contributed by atoms with Gasteiger partial charge < -0.3 is 5.32 Å². The summed E-state index contributed by atoms with van der Waals surface area (Å²) in [5, 5.41) is 3.60. The van der Waals surface area contributed by atoms with Crippen LogP contribution in [-0.2, 0) is 0 Å². The lowest BCUT2D eigenvalue weighted by molar-refractivity contribution is 0.374. The van der Waals surface area contributed by atoms with Crippen molar-refractivity contribution in [3.05, 3.63) is 59.4 Å². The fourth-order valence-corrected chi connectivity index (χ4v) is 2.68. The first-order chi connectivity index (χ1) is 9.22. The van der Waals surface area contributed by atoms with E-state index in [1.807, 2.05) is 12.4 Å². The molecule has 2 nitrogen and oxygen atoms in total. The van der Waals surface area contributed by atoms with Crippen molar-refractivity contribution < 1.29 is 0 Å². The summed E-state index contributed by atoms with van der Waals surface area (Å²) in [4.78, 5) is 4.18. The minimum atomic E-state index is 0.592. The van der Waals surface area contributed by atoms with Crippen LogP contribution >= 0.6 is 0 Å². The molecule has 0 radical (unpaired) electrons. The lowest BCUT2D eigenvalue weighted by atomic mass is 9.75. The van der Waals surface area contributed by atoms with Crippen molar-refractivity contribution in [1.82, 2.24) is 4.98 Å². The molecule has 0 atom stereocenters. The van der Waals surface area contributed by atoms with Crippen LogP contribution in [0.3, 0.4) is 0 Å². The number of benzene rings is 1. The molecule has 1 aromatic heterocycles. The number of nitrogens with one attached hydrogen (secondary N) is 1. The molecule has 98 valence electrons. The summed E-state index contributed by atoms with van der Waals surface area (Å²) in [6, 6.07) is 11.6. The molecular formula is C17H20N2. The maximum absolute atomic E-state index is 4.18. The van der Waals surface area contributed by atoms with Crippen molar-refractivity contribution in [3.8, 4) is 0 Å². The molecular weight excluding hydrogens is 232 g/mol. The number of rotatable bonds is 3. The first-order valence-corrected chi connectivity index (χ1v) is 6.96. The van der Waals surface area contributed by atoms with Gasteiger partial charge in [-0.15, -0.1) is 0 Å². The normalized spacial score (nSPS) is 21.8. The predicted octanol–water partition coefficient (Wildman–Crippen LogP) is 4.06. The maximum Gasteiger partial charge on any atom is 0.0558 e. The first kappa shape index (κ1) is 12.2. The van der Waals surface area contributed by atoms with Gasteiger partial charge in [0.1, 0.15) is 0 Å². The second kappa shape index (κ2) is 5.04. The molecule has 0 spiro atoms. The van der Waals surface area contributed by atoms with Crippen LogP contribution in [0.1, 0.15) is 35.4 Å². The summed E-state index contributed by atoms with van der Waals surface area (Å²) in [5.41, 5.74) is 5.26. The van der Waals surface area contributed by atoms with Gasteiger partial charge in [-0.3, -0.25) is 4.98 Å². The number of aromatic nitrogens is 1. The van der Waals surface area contributed by atoms with Crippen LogP contribution in [-0.4, -0.2) is 11.0 Å². The number of nitrogens with zero attached hydrogens (tertiary/aromatic N) is 1. The van der Waals surface area contributed by atoms with E-state index >= 15 is 0 Å². The molecule has 0 amide bonds. The Bertz CT molecular complexity index is 554. The summed E-state index contributed by atoms with van der Waals surface area (Å²) in [5.74, 6) is 0.718. The van der Waals surface area contributed by atoms with E-state index in [1.54, 1.807) is 0 Å². The predicted molar refractivity (Wildman–Crippen MR) is 79.5 cm³/mol. The van der Waals surface area contributed by atoms with Gasteiger partial charge in [0, 0.05) is 12.2 Å². The van der Waals surface area contributed by atoms with Crippen LogP contribution in [0.5, 0.6) is 0 Å². The van der Waals surface area contributed by atoms with Crippen molar-refractivity contribution >= 4 is 5.69 Å². The van der Waals surface area contributed by atoms with Crippen LogP contribution in [0.15, 0.2) is 42.7 Å². The molecule has 2 heteroatoms. The summed E-state index contributed by atoms with van der Waals surface area (Å²) >= 11 is 0. The van der Waals surface area contributed by atoms with E-state index in [0.717, 1.165) is 5.92 Å². The second-order valence-electron chi connectivity index (χ2n) is 5.61. The molecule has 1 saturated carbocycles. The minimum absolute atomic E-state index is 0.592. The number of aryl methyl sites for hydroxylation is 2. The van der Waals surface area contributed by atoms with E-state index in [0.29, 0.717) is 6.04 Å². The number of hydrogen-bond donors (Lipinski definition) is 1. The van der Waals surface area contributed by atoms with E-state index in [2.05, 4.69) is 54.5 Å². The molecule has 1 N–H and O–H groups in total. The monoisotopic (exact) mass is 252 g/mol. The van der Waals surface area contributed by atoms with Gasteiger partial charge in [0.15, 0.2) is 0 Å². The fraction of sp³-hybridized carbons (Fsp3) is 0.353. The zero-order chi connectivity index (χ0) is 13.2. The van der Waals surface area contributed by atoms with Gasteiger partial charge in [0.25, 0.3) is 0 Å². The van der Waals surface area contributed by atoms with Crippen molar-refractivity contribution in [1.29, 1.82) is 0 Å². The lowest BCUT2D eigenvalue weighted by Gasteiger charge is -2.37. The fourth-order valence-electron chi connectivity index (χ4n) is 2.68. The molecule has 0 unspecified atom stereocenters. The van der Waals surface area contributed by atoms with Crippen molar-refractivity contribution in [2.24, 2.45) is 0 Å². The average Bonchev–Trinajstić information content (AvgIpc) is 2.37. The van der Waals surface area contributed by atoms with E-state index in [4.69, 9.17) is 0 Å². The molecule has 1 aliphatic carbocycles. The summed E-state index contributed by atoms with van der Waals surface area (Å²) in [6.07, 6.45) is 6.21. The van der Waals surface area contributed by atoms with Gasteiger partial charge in [-0.1, -0.05) is 29.8 Å². The van der Waals surface area contributed by atoms with Crippen LogP contribution in [0.2, 0.25) is 0 Å². The molecule has 0 aliphatic heterocycles. The topological polar surface area (TPSA) is 24.9 Å². The van der Waals surface area contributed by atoms with E-state index < -0.39 is 0 Å². The Morgan fingerprint density at radius 3 is 2.47 bits per heavy atom. The summed E-state index contributed by atoms with van der Waals surface area (Å²) in [6.45, 7) is 4.26. The van der Waals surface area contributed by atoms with Crippen LogP contribution in [0, 0.1) is 13.8 Å². The Morgan fingerprint density at radius 2 is 1.79 bits per heavy atom. The third-order valence-corrected chi connectivity index (χ3v) is 4.09. The molecule has 1 fully saturated rings. The van der Waals surface area contributed by atoms with E-state index in [9.17, 15) is 0 Å². The SMILES string of the molecule is Cc1ccc(C2CC(Nc3cnccc3C)C2)cc1. The zero-order valence-corrected chi connectivity index (χ0v) is 11.6. The third-order valence-electron chi connectivity index (χ3n) is 4.09. The highest BCUT2D eigenvalue weighted by atomic mass is 14.9. The third kappa shape index (κ3) is 2.62. The minimum Gasteiger partial charge on any atom is -0.381 e. The summed E-state index contributed by atoms with van der Waals surface area (Å²) in [7, 11) is 0. The molecule has 19 heavy (non-hydrogen) atoms.